The van der Waals surface area contributed by atoms with Gasteiger partial charge in [-0.15, -0.1) is 0 Å². The van der Waals surface area contributed by atoms with E-state index in [4.69, 9.17) is 14.2 Å². The van der Waals surface area contributed by atoms with E-state index in [1.54, 1.807) is 18.2 Å². The first-order valence-corrected chi connectivity index (χ1v) is 14.8. The van der Waals surface area contributed by atoms with Gasteiger partial charge in [-0.05, 0) is 48.2 Å². The number of fused-ring (bicyclic) bond motifs is 5. The highest BCUT2D eigenvalue weighted by Crippen LogP contribution is 2.51. The third kappa shape index (κ3) is 6.62. The first kappa shape index (κ1) is 31.9. The summed E-state index contributed by atoms with van der Waals surface area (Å²) in [5.74, 6) is 0.289. The standard InChI is InChI=1S/C34H37N3O6.HI/c1-37(2)28-18-24(19-29(37)33-32(28)43-33)42-34(40)36-27-16-21(12-14-25(27)23-9-5-4-6-10-23)8-7-11-31(39)35-26-15-13-22(20-38)17-30(26)41-3;/h4-6,9-10,12-17,20,24,28-29,32-33H,7-8,11,18-19H2,1-3H3,(H-,35,36,38,39,40);1H/t24?,28-,29+,32-,33+;. The van der Waals surface area contributed by atoms with Crippen LogP contribution in [0.5, 0.6) is 5.75 Å². The van der Waals surface area contributed by atoms with Gasteiger partial charge in [-0.3, -0.25) is 14.9 Å². The number of halogens is 1. The number of likely N-dealkylation sites (N-methyl/N-ethyl adjacent to an activating group) is 1. The summed E-state index contributed by atoms with van der Waals surface area (Å²) in [6, 6.07) is 21.5. The summed E-state index contributed by atoms with van der Waals surface area (Å²) in [6.07, 6.45) is 3.91. The van der Waals surface area contributed by atoms with Crippen LogP contribution in [0.2, 0.25) is 0 Å². The number of anilines is 2. The molecule has 1 unspecified atom stereocenters. The fourth-order valence-electron chi connectivity index (χ4n) is 6.86. The van der Waals surface area contributed by atoms with E-state index in [1.165, 1.54) is 7.11 Å². The van der Waals surface area contributed by atoms with Gasteiger partial charge >= 0.3 is 6.09 Å². The Morgan fingerprint density at radius 2 is 1.68 bits per heavy atom. The summed E-state index contributed by atoms with van der Waals surface area (Å²) in [7, 11) is 6.01. The van der Waals surface area contributed by atoms with Crippen LogP contribution in [0.4, 0.5) is 16.2 Å². The number of piperidine rings is 1. The molecule has 3 aromatic rings. The number of amides is 2. The van der Waals surface area contributed by atoms with E-state index in [9.17, 15) is 14.4 Å². The number of methoxy groups -OCH3 is 1. The smallest absolute Gasteiger partial charge is 0.411 e. The van der Waals surface area contributed by atoms with E-state index in [0.29, 0.717) is 66.2 Å². The van der Waals surface area contributed by atoms with Crippen LogP contribution in [0, 0.1) is 0 Å². The fourth-order valence-corrected chi connectivity index (χ4v) is 6.86. The molecule has 9 nitrogen and oxygen atoms in total. The molecule has 232 valence electrons. The number of aryl methyl sites for hydroxylation is 1. The Balaban J connectivity index is 0.00000384. The van der Waals surface area contributed by atoms with E-state index in [1.807, 2.05) is 48.5 Å². The minimum Gasteiger partial charge on any atom is -1.00 e. The summed E-state index contributed by atoms with van der Waals surface area (Å²) in [5.41, 5.74) is 4.57. The Morgan fingerprint density at radius 3 is 2.36 bits per heavy atom. The second-order valence-corrected chi connectivity index (χ2v) is 12.2. The van der Waals surface area contributed by atoms with Gasteiger partial charge in [-0.2, -0.15) is 0 Å². The van der Waals surface area contributed by atoms with Crippen LogP contribution < -0.4 is 39.3 Å². The highest BCUT2D eigenvalue weighted by atomic mass is 127. The van der Waals surface area contributed by atoms with E-state index >= 15 is 0 Å². The SMILES string of the molecule is COc1cc(C=O)ccc1NC(=O)CCCc1ccc(-c2ccccc2)c(NC(=O)OC2C[C@@H]3[C@H]4O[C@H]4[C@H](C2)[N+]3(C)C)c1.[I-]. The zero-order chi connectivity index (χ0) is 30.1. The molecule has 0 aromatic heterocycles. The number of ether oxygens (including phenoxy) is 3. The van der Waals surface area contributed by atoms with Crippen molar-refractivity contribution < 1.29 is 57.1 Å². The number of aldehydes is 1. The molecule has 5 atom stereocenters. The van der Waals surface area contributed by atoms with E-state index < -0.39 is 6.09 Å². The highest BCUT2D eigenvalue weighted by Gasteiger charge is 2.70. The lowest BCUT2D eigenvalue weighted by Crippen LogP contribution is -3.00. The maximum absolute atomic E-state index is 13.2. The van der Waals surface area contributed by atoms with Crippen molar-refractivity contribution in [2.45, 2.75) is 62.5 Å². The molecule has 2 N–H and O–H groups in total. The zero-order valence-electron chi connectivity index (χ0n) is 25.1. The van der Waals surface area contributed by atoms with Gasteiger partial charge in [0.2, 0.25) is 5.91 Å². The second-order valence-electron chi connectivity index (χ2n) is 12.2. The Kier molecular flexibility index (Phi) is 9.62. The molecule has 3 aromatic carbocycles. The van der Waals surface area contributed by atoms with Crippen LogP contribution in [0.25, 0.3) is 11.1 Å². The van der Waals surface area contributed by atoms with E-state index in [0.717, 1.165) is 40.3 Å². The summed E-state index contributed by atoms with van der Waals surface area (Å²) in [4.78, 5) is 36.9. The van der Waals surface area contributed by atoms with Gasteiger partial charge in [-0.1, -0.05) is 42.5 Å². The Hall–Kier alpha value is -3.48. The summed E-state index contributed by atoms with van der Waals surface area (Å²) in [6.45, 7) is 0. The Bertz CT molecular complexity index is 1510. The lowest BCUT2D eigenvalue weighted by atomic mass is 9.96. The van der Waals surface area contributed by atoms with Gasteiger partial charge in [-0.25, -0.2) is 4.79 Å². The van der Waals surface area contributed by atoms with Crippen molar-refractivity contribution in [1.29, 1.82) is 0 Å². The first-order valence-electron chi connectivity index (χ1n) is 14.8. The number of epoxide rings is 1. The van der Waals surface area contributed by atoms with Gasteiger partial charge in [0.15, 0.2) is 0 Å². The molecule has 0 radical (unpaired) electrons. The van der Waals surface area contributed by atoms with Crippen molar-refractivity contribution in [3.63, 3.8) is 0 Å². The number of benzene rings is 3. The van der Waals surface area contributed by atoms with Gasteiger partial charge in [0.25, 0.3) is 0 Å². The topological polar surface area (TPSA) is 106 Å². The average Bonchev–Trinajstić information content (AvgIpc) is 3.77. The lowest BCUT2D eigenvalue weighted by molar-refractivity contribution is -0.938. The van der Waals surface area contributed by atoms with Crippen molar-refractivity contribution >= 4 is 29.7 Å². The van der Waals surface area contributed by atoms with Crippen LogP contribution in [0.15, 0.2) is 66.7 Å². The van der Waals surface area contributed by atoms with E-state index in [-0.39, 0.29) is 36.0 Å². The van der Waals surface area contributed by atoms with E-state index in [2.05, 4.69) is 24.7 Å². The highest BCUT2D eigenvalue weighted by molar-refractivity contribution is 5.93. The number of morpholine rings is 1. The quantitative estimate of drug-likeness (QED) is 0.145. The Labute approximate surface area is 274 Å². The molecule has 3 saturated heterocycles. The van der Waals surface area contributed by atoms with Crippen LogP contribution in [-0.4, -0.2) is 74.4 Å². The molecular weight excluding hydrogens is 673 g/mol. The van der Waals surface area contributed by atoms with Gasteiger partial charge < -0.3 is 48.0 Å². The van der Waals surface area contributed by atoms with Crippen molar-refractivity contribution in [3.8, 4) is 16.9 Å². The molecule has 2 amide bonds. The number of hydrogen-bond donors (Lipinski definition) is 2. The van der Waals surface area contributed by atoms with Crippen LogP contribution in [0.3, 0.4) is 0 Å². The summed E-state index contributed by atoms with van der Waals surface area (Å²) in [5, 5.41) is 5.89. The molecule has 6 rings (SSSR count). The second kappa shape index (κ2) is 13.3. The van der Waals surface area contributed by atoms with Crippen LogP contribution in [0.1, 0.15) is 41.6 Å². The number of quaternary nitrogens is 1. The van der Waals surface area contributed by atoms with Crippen LogP contribution >= 0.6 is 0 Å². The molecule has 2 bridgehead atoms. The number of rotatable bonds is 10. The van der Waals surface area contributed by atoms with Crippen molar-refractivity contribution in [3.05, 3.63) is 77.9 Å². The average molecular weight is 712 g/mol. The number of nitrogens with one attached hydrogen (secondary N) is 2. The third-order valence-corrected chi connectivity index (χ3v) is 9.22. The normalized spacial score (nSPS) is 23.8. The first-order chi connectivity index (χ1) is 20.8. The van der Waals surface area contributed by atoms with Gasteiger partial charge in [0.05, 0.1) is 32.6 Å². The molecule has 3 aliphatic rings. The molecule has 3 heterocycles. The molecule has 0 aliphatic carbocycles. The number of nitrogens with zero attached hydrogens (tertiary/aromatic N) is 1. The predicted molar refractivity (Wildman–Crippen MR) is 163 cm³/mol. The van der Waals surface area contributed by atoms with Crippen molar-refractivity contribution in [2.75, 3.05) is 31.8 Å². The molecule has 3 fully saturated rings. The fraction of sp³-hybridized carbons (Fsp3) is 0.382. The maximum atomic E-state index is 13.2. The maximum Gasteiger partial charge on any atom is 0.411 e. The third-order valence-electron chi connectivity index (χ3n) is 9.22. The van der Waals surface area contributed by atoms with Gasteiger partial charge in [0.1, 0.15) is 42.4 Å². The molecule has 0 saturated carbocycles. The molecule has 10 heteroatoms. The Morgan fingerprint density at radius 1 is 0.955 bits per heavy atom. The number of carbonyl (C=O) groups excluding carboxylic acids is 3. The monoisotopic (exact) mass is 711 g/mol. The minimum absolute atomic E-state index is 0. The zero-order valence-corrected chi connectivity index (χ0v) is 27.3. The summed E-state index contributed by atoms with van der Waals surface area (Å²) < 4.78 is 18.1. The molecule has 44 heavy (non-hydrogen) atoms. The van der Waals surface area contributed by atoms with Gasteiger partial charge in [0, 0.05) is 30.4 Å². The lowest BCUT2D eigenvalue weighted by Gasteiger charge is -2.45. The van der Waals surface area contributed by atoms with Crippen LogP contribution in [-0.2, 0) is 20.7 Å². The van der Waals surface area contributed by atoms with Crippen molar-refractivity contribution in [2.24, 2.45) is 0 Å². The largest absolute Gasteiger partial charge is 1.00 e. The predicted octanol–water partition coefficient (Wildman–Crippen LogP) is 2.45. The molecule has 3 aliphatic heterocycles. The molecular formula is C34H38IN3O6. The number of carbonyl (C=O) groups is 3. The summed E-state index contributed by atoms with van der Waals surface area (Å²) >= 11 is 0. The van der Waals surface area contributed by atoms with Crippen molar-refractivity contribution in [1.82, 2.24) is 0 Å². The molecule has 0 spiro atoms. The minimum atomic E-state index is -0.450. The number of hydrogen-bond acceptors (Lipinski definition) is 6.